The number of esters is 1. The molecule has 1 aromatic rings. The van der Waals surface area contributed by atoms with Gasteiger partial charge in [-0.3, -0.25) is 14.4 Å². The Morgan fingerprint density at radius 3 is 2.35 bits per heavy atom. The van der Waals surface area contributed by atoms with Gasteiger partial charge in [0.05, 0.1) is 12.6 Å². The van der Waals surface area contributed by atoms with Gasteiger partial charge >= 0.3 is 5.97 Å². The smallest absolute Gasteiger partial charge is 0.325 e. The normalized spacial score (nSPS) is 15.7. The average molecular weight is 319 g/mol. The molecule has 0 aliphatic heterocycles. The number of methoxy groups -OCH3 is 1. The van der Waals surface area contributed by atoms with Gasteiger partial charge in [0.25, 0.3) is 5.91 Å². The number of rotatable bonds is 5. The highest BCUT2D eigenvalue weighted by Gasteiger charge is 2.36. The second-order valence-corrected chi connectivity index (χ2v) is 5.65. The van der Waals surface area contributed by atoms with E-state index in [0.29, 0.717) is 24.1 Å². The lowest BCUT2D eigenvalue weighted by Gasteiger charge is -2.22. The molecular formula is C16H21N3O4. The third kappa shape index (κ3) is 4.29. The summed E-state index contributed by atoms with van der Waals surface area (Å²) in [5, 5.41) is 5.22. The maximum absolute atomic E-state index is 12.2. The molecule has 1 fully saturated rings. The summed E-state index contributed by atoms with van der Waals surface area (Å²) < 4.78 is 4.44. The van der Waals surface area contributed by atoms with E-state index >= 15 is 0 Å². The van der Waals surface area contributed by atoms with Crippen LogP contribution in [0.3, 0.4) is 0 Å². The van der Waals surface area contributed by atoms with E-state index in [1.807, 2.05) is 0 Å². The Morgan fingerprint density at radius 2 is 1.78 bits per heavy atom. The molecule has 1 aliphatic rings. The Hall–Kier alpha value is -2.41. The number of hydrogen-bond donors (Lipinski definition) is 3. The number of amides is 2. The standard InChI is InChI=1S/C16H21N3O4/c1-23-13(20)10-18-14(21)11-4-6-12(7-5-11)19-15(22)16(17)8-2-3-9-16/h4-7H,2-3,8-10,17H2,1H3,(H,18,21)(H,19,22). The van der Waals surface area contributed by atoms with Gasteiger partial charge in [-0.1, -0.05) is 12.8 Å². The Morgan fingerprint density at radius 1 is 1.17 bits per heavy atom. The number of carbonyl (C=O) groups is 3. The highest BCUT2D eigenvalue weighted by Crippen LogP contribution is 2.28. The van der Waals surface area contributed by atoms with Gasteiger partial charge in [-0.25, -0.2) is 0 Å². The summed E-state index contributed by atoms with van der Waals surface area (Å²) >= 11 is 0. The molecule has 0 bridgehead atoms. The van der Waals surface area contributed by atoms with E-state index in [2.05, 4.69) is 15.4 Å². The predicted molar refractivity (Wildman–Crippen MR) is 84.8 cm³/mol. The van der Waals surface area contributed by atoms with Gasteiger partial charge in [0, 0.05) is 11.3 Å². The zero-order valence-corrected chi connectivity index (χ0v) is 13.1. The highest BCUT2D eigenvalue weighted by atomic mass is 16.5. The van der Waals surface area contributed by atoms with E-state index in [0.717, 1.165) is 12.8 Å². The zero-order chi connectivity index (χ0) is 16.9. The van der Waals surface area contributed by atoms with Crippen LogP contribution in [0.1, 0.15) is 36.0 Å². The van der Waals surface area contributed by atoms with Gasteiger partial charge in [0.2, 0.25) is 5.91 Å². The van der Waals surface area contributed by atoms with Gasteiger partial charge in [0.15, 0.2) is 0 Å². The van der Waals surface area contributed by atoms with Crippen LogP contribution in [0.4, 0.5) is 5.69 Å². The molecule has 23 heavy (non-hydrogen) atoms. The Balaban J connectivity index is 1.92. The summed E-state index contributed by atoms with van der Waals surface area (Å²) in [4.78, 5) is 35.0. The zero-order valence-electron chi connectivity index (χ0n) is 13.1. The lowest BCUT2D eigenvalue weighted by molar-refractivity contribution is -0.139. The van der Waals surface area contributed by atoms with Gasteiger partial charge in [-0.05, 0) is 37.1 Å². The van der Waals surface area contributed by atoms with Crippen molar-refractivity contribution in [1.82, 2.24) is 5.32 Å². The van der Waals surface area contributed by atoms with Gasteiger partial charge < -0.3 is 21.1 Å². The number of nitrogens with one attached hydrogen (secondary N) is 2. The van der Waals surface area contributed by atoms with Crippen molar-refractivity contribution in [2.24, 2.45) is 5.73 Å². The van der Waals surface area contributed by atoms with Crippen molar-refractivity contribution in [3.8, 4) is 0 Å². The number of carbonyl (C=O) groups excluding carboxylic acids is 3. The molecule has 0 aromatic heterocycles. The van der Waals surface area contributed by atoms with Crippen LogP contribution in [0.5, 0.6) is 0 Å². The summed E-state index contributed by atoms with van der Waals surface area (Å²) in [7, 11) is 1.25. The molecule has 2 amide bonds. The minimum absolute atomic E-state index is 0.191. The van der Waals surface area contributed by atoms with Crippen molar-refractivity contribution in [3.05, 3.63) is 29.8 Å². The van der Waals surface area contributed by atoms with Crippen LogP contribution in [0.25, 0.3) is 0 Å². The van der Waals surface area contributed by atoms with Crippen molar-refractivity contribution in [1.29, 1.82) is 0 Å². The number of hydrogen-bond acceptors (Lipinski definition) is 5. The average Bonchev–Trinajstić information content (AvgIpc) is 3.01. The molecule has 1 aromatic carbocycles. The molecule has 0 heterocycles. The monoisotopic (exact) mass is 319 g/mol. The van der Waals surface area contributed by atoms with Gasteiger partial charge in [0.1, 0.15) is 6.54 Å². The SMILES string of the molecule is COC(=O)CNC(=O)c1ccc(NC(=O)C2(N)CCCC2)cc1. The maximum atomic E-state index is 12.2. The van der Waals surface area contributed by atoms with Gasteiger partial charge in [-0.2, -0.15) is 0 Å². The third-order valence-corrected chi connectivity index (χ3v) is 3.97. The molecule has 7 nitrogen and oxygen atoms in total. The molecule has 0 unspecified atom stereocenters. The van der Waals surface area contributed by atoms with Crippen LogP contribution in [-0.4, -0.2) is 37.0 Å². The van der Waals surface area contributed by atoms with E-state index < -0.39 is 11.5 Å². The first kappa shape index (κ1) is 17.0. The van der Waals surface area contributed by atoms with E-state index in [4.69, 9.17) is 5.73 Å². The number of benzene rings is 1. The van der Waals surface area contributed by atoms with E-state index in [-0.39, 0.29) is 18.4 Å². The highest BCUT2D eigenvalue weighted by molar-refractivity contribution is 5.99. The van der Waals surface area contributed by atoms with Crippen LogP contribution < -0.4 is 16.4 Å². The fourth-order valence-electron chi connectivity index (χ4n) is 2.52. The van der Waals surface area contributed by atoms with Crippen molar-refractivity contribution in [3.63, 3.8) is 0 Å². The molecule has 0 saturated heterocycles. The topological polar surface area (TPSA) is 111 Å². The van der Waals surface area contributed by atoms with Crippen molar-refractivity contribution in [2.75, 3.05) is 19.0 Å². The fourth-order valence-corrected chi connectivity index (χ4v) is 2.52. The molecular weight excluding hydrogens is 298 g/mol. The molecule has 0 atom stereocenters. The van der Waals surface area contributed by atoms with Crippen LogP contribution in [0.2, 0.25) is 0 Å². The molecule has 1 saturated carbocycles. The van der Waals surface area contributed by atoms with Crippen LogP contribution in [-0.2, 0) is 14.3 Å². The van der Waals surface area contributed by atoms with Crippen LogP contribution >= 0.6 is 0 Å². The third-order valence-electron chi connectivity index (χ3n) is 3.97. The number of anilines is 1. The lowest BCUT2D eigenvalue weighted by atomic mass is 9.98. The number of ether oxygens (including phenoxy) is 1. The first-order valence-corrected chi connectivity index (χ1v) is 7.50. The molecule has 4 N–H and O–H groups in total. The summed E-state index contributed by atoms with van der Waals surface area (Å²) in [6, 6.07) is 6.40. The molecule has 2 rings (SSSR count). The largest absolute Gasteiger partial charge is 0.468 e. The van der Waals surface area contributed by atoms with Gasteiger partial charge in [-0.15, -0.1) is 0 Å². The minimum Gasteiger partial charge on any atom is -0.468 e. The molecule has 0 radical (unpaired) electrons. The Bertz CT molecular complexity index is 592. The van der Waals surface area contributed by atoms with E-state index in [9.17, 15) is 14.4 Å². The quantitative estimate of drug-likeness (QED) is 0.695. The molecule has 124 valence electrons. The first-order chi connectivity index (χ1) is 10.9. The second kappa shape index (κ2) is 7.23. The second-order valence-electron chi connectivity index (χ2n) is 5.65. The van der Waals surface area contributed by atoms with Crippen molar-refractivity contribution >= 4 is 23.5 Å². The first-order valence-electron chi connectivity index (χ1n) is 7.50. The predicted octanol–water partition coefficient (Wildman–Crippen LogP) is 0.799. The summed E-state index contributed by atoms with van der Waals surface area (Å²) in [6.07, 6.45) is 3.30. The fraction of sp³-hybridized carbons (Fsp3) is 0.438. The summed E-state index contributed by atoms with van der Waals surface area (Å²) in [6.45, 7) is -0.191. The van der Waals surface area contributed by atoms with Crippen molar-refractivity contribution < 1.29 is 19.1 Å². The van der Waals surface area contributed by atoms with E-state index in [1.165, 1.54) is 7.11 Å². The van der Waals surface area contributed by atoms with Crippen LogP contribution in [0, 0.1) is 0 Å². The Kier molecular flexibility index (Phi) is 5.33. The number of nitrogens with two attached hydrogens (primary N) is 1. The Labute approximate surface area is 134 Å². The lowest BCUT2D eigenvalue weighted by Crippen LogP contribution is -2.48. The van der Waals surface area contributed by atoms with Crippen molar-refractivity contribution in [2.45, 2.75) is 31.2 Å². The minimum atomic E-state index is -0.795. The molecule has 1 aliphatic carbocycles. The summed E-state index contributed by atoms with van der Waals surface area (Å²) in [5.41, 5.74) is 6.26. The summed E-state index contributed by atoms with van der Waals surface area (Å²) in [5.74, 6) is -1.11. The van der Waals surface area contributed by atoms with Crippen LogP contribution in [0.15, 0.2) is 24.3 Å². The molecule has 7 heteroatoms. The molecule has 0 spiro atoms. The maximum Gasteiger partial charge on any atom is 0.325 e. The van der Waals surface area contributed by atoms with E-state index in [1.54, 1.807) is 24.3 Å².